The second-order valence-corrected chi connectivity index (χ2v) is 2.64. The maximum absolute atomic E-state index is 11.1. The molecule has 12 heavy (non-hydrogen) atoms. The highest BCUT2D eigenvalue weighted by Gasteiger charge is 2.03. The van der Waals surface area contributed by atoms with E-state index in [4.69, 9.17) is 0 Å². The van der Waals surface area contributed by atoms with E-state index in [0.29, 0.717) is 11.5 Å². The van der Waals surface area contributed by atoms with Crippen LogP contribution >= 0.6 is 0 Å². The molecular weight excluding hydrogens is 156 g/mol. The molecular formula is C7H8N4O. The van der Waals surface area contributed by atoms with Gasteiger partial charge < -0.3 is 0 Å². The highest BCUT2D eigenvalue weighted by molar-refractivity contribution is 5.69. The van der Waals surface area contributed by atoms with Gasteiger partial charge in [-0.3, -0.25) is 9.55 Å². The number of hydrogen-bond acceptors (Lipinski definition) is 3. The summed E-state index contributed by atoms with van der Waals surface area (Å²) in [6.07, 6.45) is 1.63. The van der Waals surface area contributed by atoms with Crippen LogP contribution in [0.1, 0.15) is 5.82 Å². The zero-order valence-corrected chi connectivity index (χ0v) is 6.83. The molecule has 2 heterocycles. The molecule has 0 bridgehead atoms. The first-order valence-corrected chi connectivity index (χ1v) is 3.57. The largest absolute Gasteiger partial charge is 0.327 e. The SMILES string of the molecule is Cc1ncc2c(n1)[nH]c(=O)n2C. The van der Waals surface area contributed by atoms with Gasteiger partial charge in [-0.2, -0.15) is 0 Å². The predicted octanol–water partition coefficient (Wildman–Crippen LogP) is -0.0350. The molecule has 2 aromatic rings. The van der Waals surface area contributed by atoms with E-state index in [1.54, 1.807) is 20.2 Å². The van der Waals surface area contributed by atoms with Crippen LogP contribution in [0.4, 0.5) is 0 Å². The zero-order chi connectivity index (χ0) is 8.72. The number of aromatic nitrogens is 4. The Hall–Kier alpha value is -1.65. The van der Waals surface area contributed by atoms with Gasteiger partial charge in [0.1, 0.15) is 11.3 Å². The average Bonchev–Trinajstić information content (AvgIpc) is 2.28. The van der Waals surface area contributed by atoms with Gasteiger partial charge in [-0.15, -0.1) is 0 Å². The molecule has 0 aliphatic carbocycles. The first-order valence-electron chi connectivity index (χ1n) is 3.57. The summed E-state index contributed by atoms with van der Waals surface area (Å²) >= 11 is 0. The van der Waals surface area contributed by atoms with E-state index in [2.05, 4.69) is 15.0 Å². The average molecular weight is 164 g/mol. The molecule has 2 aromatic heterocycles. The van der Waals surface area contributed by atoms with Crippen molar-refractivity contribution >= 4 is 11.2 Å². The summed E-state index contributed by atoms with van der Waals surface area (Å²) in [5, 5.41) is 0. The Morgan fingerprint density at radius 1 is 1.58 bits per heavy atom. The van der Waals surface area contributed by atoms with Crippen LogP contribution in [0.5, 0.6) is 0 Å². The number of rotatable bonds is 0. The van der Waals surface area contributed by atoms with Crippen LogP contribution in [0.2, 0.25) is 0 Å². The number of H-pyrrole nitrogens is 1. The van der Waals surface area contributed by atoms with Crippen LogP contribution in [-0.4, -0.2) is 19.5 Å². The molecule has 0 atom stereocenters. The first kappa shape index (κ1) is 7.02. The molecule has 1 N–H and O–H groups in total. The lowest BCUT2D eigenvalue weighted by Crippen LogP contribution is -2.11. The van der Waals surface area contributed by atoms with Crippen molar-refractivity contribution in [3.8, 4) is 0 Å². The van der Waals surface area contributed by atoms with Crippen molar-refractivity contribution in [2.75, 3.05) is 0 Å². The Kier molecular flexibility index (Phi) is 1.27. The Balaban J connectivity index is 2.96. The molecule has 0 unspecified atom stereocenters. The molecule has 0 amide bonds. The van der Waals surface area contributed by atoms with Crippen LogP contribution in [0, 0.1) is 6.92 Å². The molecule has 5 nitrogen and oxygen atoms in total. The lowest BCUT2D eigenvalue weighted by atomic mass is 10.5. The number of hydrogen-bond donors (Lipinski definition) is 1. The van der Waals surface area contributed by atoms with Crippen LogP contribution < -0.4 is 5.69 Å². The van der Waals surface area contributed by atoms with E-state index in [1.165, 1.54) is 4.57 Å². The van der Waals surface area contributed by atoms with Gasteiger partial charge in [-0.1, -0.05) is 0 Å². The Labute approximate surface area is 68.1 Å². The third-order valence-corrected chi connectivity index (χ3v) is 1.78. The third kappa shape index (κ3) is 0.827. The normalized spacial score (nSPS) is 10.8. The second kappa shape index (κ2) is 2.17. The molecule has 0 saturated carbocycles. The minimum atomic E-state index is -0.162. The Morgan fingerprint density at radius 2 is 2.33 bits per heavy atom. The molecule has 0 saturated heterocycles. The molecule has 0 aliphatic heterocycles. The van der Waals surface area contributed by atoms with Gasteiger partial charge in [0, 0.05) is 7.05 Å². The van der Waals surface area contributed by atoms with Crippen molar-refractivity contribution in [2.24, 2.45) is 7.05 Å². The minimum Gasteiger partial charge on any atom is -0.292 e. The van der Waals surface area contributed by atoms with E-state index < -0.39 is 0 Å². The summed E-state index contributed by atoms with van der Waals surface area (Å²) in [6, 6.07) is 0. The smallest absolute Gasteiger partial charge is 0.292 e. The fraction of sp³-hybridized carbons (Fsp3) is 0.286. The summed E-state index contributed by atoms with van der Waals surface area (Å²) < 4.78 is 1.48. The molecule has 5 heteroatoms. The van der Waals surface area contributed by atoms with Gasteiger partial charge in [0.25, 0.3) is 0 Å². The topological polar surface area (TPSA) is 63.6 Å². The molecule has 2 rings (SSSR count). The Morgan fingerprint density at radius 3 is 3.08 bits per heavy atom. The van der Waals surface area contributed by atoms with Gasteiger partial charge >= 0.3 is 5.69 Å². The standard InChI is InChI=1S/C7H8N4O/c1-4-8-3-5-6(9-4)10-7(12)11(5)2/h3H,1-2H3,(H,8,9,10,12). The predicted molar refractivity (Wildman–Crippen MR) is 43.9 cm³/mol. The van der Waals surface area contributed by atoms with Crippen LogP contribution in [0.3, 0.4) is 0 Å². The molecule has 0 aromatic carbocycles. The third-order valence-electron chi connectivity index (χ3n) is 1.78. The fourth-order valence-corrected chi connectivity index (χ4v) is 1.10. The molecule has 0 fully saturated rings. The van der Waals surface area contributed by atoms with E-state index in [9.17, 15) is 4.79 Å². The van der Waals surface area contributed by atoms with Crippen LogP contribution in [0.15, 0.2) is 11.0 Å². The van der Waals surface area contributed by atoms with Crippen LogP contribution in [0.25, 0.3) is 11.2 Å². The monoisotopic (exact) mass is 164 g/mol. The zero-order valence-electron chi connectivity index (χ0n) is 6.83. The quantitative estimate of drug-likeness (QED) is 0.594. The lowest BCUT2D eigenvalue weighted by Gasteiger charge is -1.92. The summed E-state index contributed by atoms with van der Waals surface area (Å²) in [5.74, 6) is 0.657. The van der Waals surface area contributed by atoms with Gasteiger partial charge in [0.15, 0.2) is 5.65 Å². The van der Waals surface area contributed by atoms with Gasteiger partial charge in [0.2, 0.25) is 0 Å². The lowest BCUT2D eigenvalue weighted by molar-refractivity contribution is 0.889. The summed E-state index contributed by atoms with van der Waals surface area (Å²) in [7, 11) is 1.68. The summed E-state index contributed by atoms with van der Waals surface area (Å²) in [4.78, 5) is 21.8. The van der Waals surface area contributed by atoms with E-state index in [-0.39, 0.29) is 5.69 Å². The highest BCUT2D eigenvalue weighted by atomic mass is 16.1. The Bertz CT molecular complexity index is 482. The molecule has 0 spiro atoms. The summed E-state index contributed by atoms with van der Waals surface area (Å²) in [5.41, 5.74) is 1.16. The van der Waals surface area contributed by atoms with Crippen molar-refractivity contribution in [3.63, 3.8) is 0 Å². The van der Waals surface area contributed by atoms with E-state index in [1.807, 2.05) is 0 Å². The van der Waals surface area contributed by atoms with Crippen molar-refractivity contribution in [1.29, 1.82) is 0 Å². The number of fused-ring (bicyclic) bond motifs is 1. The maximum atomic E-state index is 11.1. The second-order valence-electron chi connectivity index (χ2n) is 2.64. The van der Waals surface area contributed by atoms with Crippen LogP contribution in [-0.2, 0) is 7.05 Å². The number of nitrogens with one attached hydrogen (secondary N) is 1. The first-order chi connectivity index (χ1) is 5.68. The summed E-state index contributed by atoms with van der Waals surface area (Å²) in [6.45, 7) is 1.78. The molecule has 0 aliphatic rings. The van der Waals surface area contributed by atoms with Gasteiger partial charge in [-0.25, -0.2) is 14.8 Å². The van der Waals surface area contributed by atoms with Gasteiger partial charge in [0.05, 0.1) is 6.20 Å². The minimum absolute atomic E-state index is 0.162. The van der Waals surface area contributed by atoms with Gasteiger partial charge in [-0.05, 0) is 6.92 Å². The van der Waals surface area contributed by atoms with E-state index in [0.717, 1.165) is 5.52 Å². The fourth-order valence-electron chi connectivity index (χ4n) is 1.10. The van der Waals surface area contributed by atoms with Crippen molar-refractivity contribution in [2.45, 2.75) is 6.92 Å². The number of aromatic amines is 1. The molecule has 62 valence electrons. The number of imidazole rings is 1. The number of aryl methyl sites for hydroxylation is 2. The van der Waals surface area contributed by atoms with E-state index >= 15 is 0 Å². The van der Waals surface area contributed by atoms with Crippen molar-refractivity contribution in [3.05, 3.63) is 22.5 Å². The number of nitrogens with zero attached hydrogens (tertiary/aromatic N) is 3. The maximum Gasteiger partial charge on any atom is 0.327 e. The molecule has 0 radical (unpaired) electrons. The highest BCUT2D eigenvalue weighted by Crippen LogP contribution is 2.03. The van der Waals surface area contributed by atoms with Crippen molar-refractivity contribution in [1.82, 2.24) is 19.5 Å². The van der Waals surface area contributed by atoms with Crippen molar-refractivity contribution < 1.29 is 0 Å².